The highest BCUT2D eigenvalue weighted by Crippen LogP contribution is 2.39. The first-order valence-corrected chi connectivity index (χ1v) is 6.32. The minimum Gasteiger partial charge on any atom is -0.359 e. The Morgan fingerprint density at radius 3 is 2.27 bits per heavy atom. The molecule has 0 spiro atoms. The van der Waals surface area contributed by atoms with Crippen LogP contribution >= 0.6 is 0 Å². The van der Waals surface area contributed by atoms with Crippen LogP contribution < -0.4 is 5.32 Å². The Hall–Kier alpha value is -1.35. The number of nitrogens with one attached hydrogen (secondary N) is 1. The molecule has 0 aliphatic carbocycles. The van der Waals surface area contributed by atoms with Crippen molar-refractivity contribution < 1.29 is 35.5 Å². The lowest BCUT2D eigenvalue weighted by molar-refractivity contribution is -0.273. The summed E-state index contributed by atoms with van der Waals surface area (Å²) in [5.41, 5.74) is -4.01. The smallest absolute Gasteiger partial charge is 0.359 e. The molecule has 1 atom stereocenters. The molecular formula is C13H12F7NO. The molecule has 22 heavy (non-hydrogen) atoms. The fourth-order valence-corrected chi connectivity index (χ4v) is 2.17. The quantitative estimate of drug-likeness (QED) is 0.854. The molecule has 1 heterocycles. The van der Waals surface area contributed by atoms with Crippen molar-refractivity contribution in [1.82, 2.24) is 5.32 Å². The number of rotatable bonds is 3. The first-order valence-electron chi connectivity index (χ1n) is 6.32. The van der Waals surface area contributed by atoms with Gasteiger partial charge >= 0.3 is 12.4 Å². The predicted octanol–water partition coefficient (Wildman–Crippen LogP) is 3.66. The highest BCUT2D eigenvalue weighted by Gasteiger charge is 2.57. The maximum Gasteiger partial charge on any atom is 0.418 e. The molecule has 0 aromatic heterocycles. The van der Waals surface area contributed by atoms with E-state index >= 15 is 0 Å². The van der Waals surface area contributed by atoms with E-state index < -0.39 is 42.5 Å². The van der Waals surface area contributed by atoms with Gasteiger partial charge in [-0.3, -0.25) is 0 Å². The third kappa shape index (κ3) is 3.35. The van der Waals surface area contributed by atoms with Crippen LogP contribution in [0.15, 0.2) is 18.2 Å². The van der Waals surface area contributed by atoms with Crippen molar-refractivity contribution in [2.24, 2.45) is 0 Å². The van der Waals surface area contributed by atoms with E-state index in [2.05, 4.69) is 5.32 Å². The van der Waals surface area contributed by atoms with Crippen molar-refractivity contribution in [2.75, 3.05) is 13.1 Å². The van der Waals surface area contributed by atoms with Gasteiger partial charge in [0.25, 0.3) is 0 Å². The standard InChI is InChI=1S/C13H12F7NO/c14-10-5-9(12(15,16)17)2-1-8(10)6-22-11(13(18,19)20)3-4-21-7-11/h1-2,5,21H,3-4,6-7H2. The van der Waals surface area contributed by atoms with Gasteiger partial charge in [-0.1, -0.05) is 6.07 Å². The molecule has 1 aliphatic heterocycles. The van der Waals surface area contributed by atoms with Crippen molar-refractivity contribution >= 4 is 0 Å². The van der Waals surface area contributed by atoms with Crippen LogP contribution in [0.1, 0.15) is 17.5 Å². The maximum absolute atomic E-state index is 13.6. The zero-order chi connectivity index (χ0) is 16.6. The van der Waals surface area contributed by atoms with Crippen LogP contribution in [-0.2, 0) is 17.5 Å². The van der Waals surface area contributed by atoms with Gasteiger partial charge in [0.1, 0.15) is 5.82 Å². The van der Waals surface area contributed by atoms with Crippen molar-refractivity contribution in [3.8, 4) is 0 Å². The molecule has 9 heteroatoms. The lowest BCUT2D eigenvalue weighted by atomic mass is 10.0. The molecule has 1 N–H and O–H groups in total. The van der Waals surface area contributed by atoms with Crippen molar-refractivity contribution in [2.45, 2.75) is 31.0 Å². The summed E-state index contributed by atoms with van der Waals surface area (Å²) in [6.45, 7) is -1.14. The molecule has 2 nitrogen and oxygen atoms in total. The number of ether oxygens (including phenoxy) is 1. The fraction of sp³-hybridized carbons (Fsp3) is 0.538. The molecule has 0 saturated carbocycles. The van der Waals surface area contributed by atoms with E-state index in [1.54, 1.807) is 0 Å². The number of hydrogen-bond donors (Lipinski definition) is 1. The van der Waals surface area contributed by atoms with E-state index in [1.807, 2.05) is 0 Å². The SMILES string of the molecule is Fc1cc(C(F)(F)F)ccc1COC1(C(F)(F)F)CCNC1. The largest absolute Gasteiger partial charge is 0.418 e. The summed E-state index contributed by atoms with van der Waals surface area (Å²) in [5.74, 6) is -1.25. The Labute approximate surface area is 121 Å². The third-order valence-corrected chi connectivity index (χ3v) is 3.52. The minimum absolute atomic E-state index is 0.0923. The summed E-state index contributed by atoms with van der Waals surface area (Å²) in [7, 11) is 0. The molecule has 0 amide bonds. The highest BCUT2D eigenvalue weighted by atomic mass is 19.4. The Morgan fingerprint density at radius 2 is 1.82 bits per heavy atom. The van der Waals surface area contributed by atoms with E-state index in [4.69, 9.17) is 4.74 Å². The maximum atomic E-state index is 13.6. The number of hydrogen-bond acceptors (Lipinski definition) is 2. The minimum atomic E-state index is -4.72. The van der Waals surface area contributed by atoms with Gasteiger partial charge in [0.2, 0.25) is 0 Å². The second kappa shape index (κ2) is 5.69. The lowest BCUT2D eigenvalue weighted by Crippen LogP contribution is -2.49. The number of halogens is 7. The summed E-state index contributed by atoms with van der Waals surface area (Å²) >= 11 is 0. The fourth-order valence-electron chi connectivity index (χ4n) is 2.17. The first kappa shape index (κ1) is 17.0. The lowest BCUT2D eigenvalue weighted by Gasteiger charge is -2.31. The van der Waals surface area contributed by atoms with Crippen LogP contribution in [0, 0.1) is 5.82 Å². The van der Waals surface area contributed by atoms with Gasteiger partial charge in [-0.15, -0.1) is 0 Å². The monoisotopic (exact) mass is 331 g/mol. The topological polar surface area (TPSA) is 21.3 Å². The highest BCUT2D eigenvalue weighted by molar-refractivity contribution is 5.26. The van der Waals surface area contributed by atoms with E-state index in [-0.39, 0.29) is 24.6 Å². The van der Waals surface area contributed by atoms with E-state index in [0.29, 0.717) is 6.07 Å². The van der Waals surface area contributed by atoms with E-state index in [9.17, 15) is 30.7 Å². The van der Waals surface area contributed by atoms with Crippen molar-refractivity contribution in [1.29, 1.82) is 0 Å². The van der Waals surface area contributed by atoms with Crippen LogP contribution in [0.5, 0.6) is 0 Å². The van der Waals surface area contributed by atoms with Gasteiger partial charge in [0, 0.05) is 12.1 Å². The Kier molecular flexibility index (Phi) is 4.40. The molecule has 124 valence electrons. The van der Waals surface area contributed by atoms with Crippen LogP contribution in [0.2, 0.25) is 0 Å². The molecule has 1 aliphatic rings. The van der Waals surface area contributed by atoms with Crippen LogP contribution in [0.3, 0.4) is 0 Å². The number of benzene rings is 1. The zero-order valence-electron chi connectivity index (χ0n) is 11.1. The molecule has 1 unspecified atom stereocenters. The third-order valence-electron chi connectivity index (χ3n) is 3.52. The molecule has 0 bridgehead atoms. The second-order valence-electron chi connectivity index (χ2n) is 5.01. The van der Waals surface area contributed by atoms with E-state index in [1.165, 1.54) is 0 Å². The van der Waals surface area contributed by atoms with Gasteiger partial charge in [-0.2, -0.15) is 26.3 Å². The van der Waals surface area contributed by atoms with Gasteiger partial charge < -0.3 is 10.1 Å². The first-order chi connectivity index (χ1) is 10.1. The second-order valence-corrected chi connectivity index (χ2v) is 5.01. The van der Waals surface area contributed by atoms with Gasteiger partial charge in [0.05, 0.1) is 12.2 Å². The van der Waals surface area contributed by atoms with E-state index in [0.717, 1.165) is 6.07 Å². The molecule has 1 saturated heterocycles. The van der Waals surface area contributed by atoms with Crippen molar-refractivity contribution in [3.63, 3.8) is 0 Å². The molecule has 0 radical (unpaired) electrons. The summed E-state index contributed by atoms with van der Waals surface area (Å²) in [4.78, 5) is 0. The van der Waals surface area contributed by atoms with Crippen LogP contribution in [0.4, 0.5) is 30.7 Å². The average Bonchev–Trinajstić information content (AvgIpc) is 2.85. The molecule has 1 aromatic rings. The molecule has 1 aromatic carbocycles. The summed E-state index contributed by atoms with van der Waals surface area (Å²) in [5, 5.41) is 2.51. The summed E-state index contributed by atoms with van der Waals surface area (Å²) < 4.78 is 94.7. The average molecular weight is 331 g/mol. The van der Waals surface area contributed by atoms with Crippen LogP contribution in [0.25, 0.3) is 0 Å². The van der Waals surface area contributed by atoms with Crippen molar-refractivity contribution in [3.05, 3.63) is 35.1 Å². The summed E-state index contributed by atoms with van der Waals surface area (Å²) in [6, 6.07) is 1.63. The Morgan fingerprint density at radius 1 is 1.14 bits per heavy atom. The molecular weight excluding hydrogens is 319 g/mol. The molecule has 2 rings (SSSR count). The molecule has 1 fully saturated rings. The predicted molar refractivity (Wildman–Crippen MR) is 62.5 cm³/mol. The van der Waals surface area contributed by atoms with Crippen LogP contribution in [-0.4, -0.2) is 24.9 Å². The normalized spacial score (nSPS) is 23.0. The Bertz CT molecular complexity index is 532. The zero-order valence-corrected chi connectivity index (χ0v) is 11.1. The van der Waals surface area contributed by atoms with Gasteiger partial charge in [-0.25, -0.2) is 4.39 Å². The number of alkyl halides is 6. The van der Waals surface area contributed by atoms with Gasteiger partial charge in [0.15, 0.2) is 5.60 Å². The van der Waals surface area contributed by atoms with Gasteiger partial charge in [-0.05, 0) is 25.1 Å². The summed E-state index contributed by atoms with van der Waals surface area (Å²) in [6.07, 6.45) is -9.71. The Balaban J connectivity index is 2.14.